The Kier molecular flexibility index (Phi) is 9.76. The molecule has 2 rings (SSSR count). The van der Waals surface area contributed by atoms with E-state index in [0.29, 0.717) is 0 Å². The van der Waals surface area contributed by atoms with E-state index in [9.17, 15) is 0 Å². The molecule has 2 heterocycles. The fourth-order valence-corrected chi connectivity index (χ4v) is 2.75. The second-order valence-electron chi connectivity index (χ2n) is 6.29. The van der Waals surface area contributed by atoms with Crippen molar-refractivity contribution in [3.63, 3.8) is 0 Å². The first kappa shape index (κ1) is 18.6. The molecule has 0 atom stereocenters. The molecule has 2 aromatic rings. The number of H-pyrrole nitrogens is 2. The van der Waals surface area contributed by atoms with Crippen LogP contribution in [0.2, 0.25) is 0 Å². The molecular formula is C20H32N4+2. The van der Waals surface area contributed by atoms with Crippen molar-refractivity contribution < 1.29 is 9.97 Å². The smallest absolute Gasteiger partial charge is 0.167 e. The summed E-state index contributed by atoms with van der Waals surface area (Å²) in [5, 5.41) is 7.02. The zero-order chi connectivity index (χ0) is 16.7. The Morgan fingerprint density at radius 3 is 1.33 bits per heavy atom. The van der Waals surface area contributed by atoms with E-state index in [-0.39, 0.29) is 0 Å². The van der Waals surface area contributed by atoms with Crippen LogP contribution in [0, 0.1) is 0 Å². The maximum Gasteiger partial charge on any atom is 0.167 e. The van der Waals surface area contributed by atoms with Crippen molar-refractivity contribution in [2.45, 2.75) is 51.6 Å². The van der Waals surface area contributed by atoms with Gasteiger partial charge in [-0.1, -0.05) is 25.7 Å². The highest BCUT2D eigenvalue weighted by Gasteiger charge is 1.95. The van der Waals surface area contributed by atoms with Crippen LogP contribution in [-0.2, 0) is 13.1 Å². The van der Waals surface area contributed by atoms with Gasteiger partial charge in [0.1, 0.15) is 0 Å². The number of pyridine rings is 2. The molecular weight excluding hydrogens is 296 g/mol. The van der Waals surface area contributed by atoms with Gasteiger partial charge in [-0.2, -0.15) is 0 Å². The van der Waals surface area contributed by atoms with Gasteiger partial charge < -0.3 is 10.6 Å². The first-order valence-corrected chi connectivity index (χ1v) is 9.26. The average molecular weight is 329 g/mol. The van der Waals surface area contributed by atoms with E-state index in [1.165, 1.54) is 49.7 Å². The van der Waals surface area contributed by atoms with Crippen LogP contribution in [-0.4, -0.2) is 13.1 Å². The van der Waals surface area contributed by atoms with Gasteiger partial charge in [0.15, 0.2) is 24.8 Å². The van der Waals surface area contributed by atoms with Gasteiger partial charge >= 0.3 is 0 Å². The Balaban J connectivity index is 1.32. The largest absolute Gasteiger partial charge is 0.313 e. The summed E-state index contributed by atoms with van der Waals surface area (Å²) in [6.07, 6.45) is 15.9. The van der Waals surface area contributed by atoms with Crippen molar-refractivity contribution in [1.82, 2.24) is 10.6 Å². The number of hydrogen-bond acceptors (Lipinski definition) is 2. The Hall–Kier alpha value is -1.78. The molecule has 0 fully saturated rings. The molecule has 0 aliphatic rings. The lowest BCUT2D eigenvalue weighted by Crippen LogP contribution is -2.15. The summed E-state index contributed by atoms with van der Waals surface area (Å²) in [6, 6.07) is 8.49. The maximum atomic E-state index is 3.51. The van der Waals surface area contributed by atoms with Gasteiger partial charge in [-0.05, 0) is 37.1 Å². The van der Waals surface area contributed by atoms with Crippen LogP contribution in [0.25, 0.3) is 0 Å². The quantitative estimate of drug-likeness (QED) is 0.555. The SMILES string of the molecule is c1cc(CNCCCCCCCCNCc2cc[nH+]cc2)cc[nH+]1. The standard InChI is InChI=1S/C20H30N4/c1(3-5-11-23-17-19-7-13-21-14-8-19)2-4-6-12-24-18-20-9-15-22-16-10-20/h7-10,13-16,23-24H,1-6,11-12,17-18H2/p+2. The molecule has 4 N–H and O–H groups in total. The molecule has 0 amide bonds. The predicted molar refractivity (Wildman–Crippen MR) is 97.1 cm³/mol. The molecule has 0 aliphatic heterocycles. The van der Waals surface area contributed by atoms with Gasteiger partial charge in [0.05, 0.1) is 0 Å². The number of aromatic amines is 2. The lowest BCUT2D eigenvalue weighted by Gasteiger charge is -2.05. The van der Waals surface area contributed by atoms with Gasteiger partial charge in [0.25, 0.3) is 0 Å². The van der Waals surface area contributed by atoms with Gasteiger partial charge in [-0.25, -0.2) is 9.97 Å². The zero-order valence-electron chi connectivity index (χ0n) is 14.7. The van der Waals surface area contributed by atoms with E-state index in [1.54, 1.807) is 0 Å². The highest BCUT2D eigenvalue weighted by Crippen LogP contribution is 2.05. The normalized spacial score (nSPS) is 10.8. The van der Waals surface area contributed by atoms with E-state index >= 15 is 0 Å². The second kappa shape index (κ2) is 12.6. The lowest BCUT2D eigenvalue weighted by atomic mass is 10.1. The molecule has 0 saturated heterocycles. The molecule has 130 valence electrons. The number of rotatable bonds is 13. The summed E-state index contributed by atoms with van der Waals surface area (Å²) in [7, 11) is 0. The van der Waals surface area contributed by atoms with E-state index < -0.39 is 0 Å². The Morgan fingerprint density at radius 2 is 0.917 bits per heavy atom. The average Bonchev–Trinajstić information content (AvgIpc) is 2.64. The van der Waals surface area contributed by atoms with E-state index in [2.05, 4.69) is 44.9 Å². The van der Waals surface area contributed by atoms with Crippen molar-refractivity contribution in [1.29, 1.82) is 0 Å². The summed E-state index contributed by atoms with van der Waals surface area (Å²) < 4.78 is 0. The van der Waals surface area contributed by atoms with Gasteiger partial charge in [-0.15, -0.1) is 0 Å². The van der Waals surface area contributed by atoms with Gasteiger partial charge in [0.2, 0.25) is 0 Å². The molecule has 0 aromatic carbocycles. The van der Waals surface area contributed by atoms with Crippen LogP contribution >= 0.6 is 0 Å². The van der Waals surface area contributed by atoms with Crippen LogP contribution in [0.15, 0.2) is 49.1 Å². The Morgan fingerprint density at radius 1 is 0.542 bits per heavy atom. The van der Waals surface area contributed by atoms with Gasteiger partial charge in [0, 0.05) is 37.4 Å². The first-order chi connectivity index (χ1) is 11.9. The molecule has 0 aliphatic carbocycles. The molecule has 0 saturated carbocycles. The van der Waals surface area contributed by atoms with Crippen LogP contribution in [0.5, 0.6) is 0 Å². The molecule has 0 unspecified atom stereocenters. The van der Waals surface area contributed by atoms with Crippen LogP contribution in [0.1, 0.15) is 49.7 Å². The molecule has 24 heavy (non-hydrogen) atoms. The van der Waals surface area contributed by atoms with Crippen LogP contribution in [0.4, 0.5) is 0 Å². The summed E-state index contributed by atoms with van der Waals surface area (Å²) in [5.74, 6) is 0. The van der Waals surface area contributed by atoms with Crippen molar-refractivity contribution in [3.8, 4) is 0 Å². The molecule has 0 spiro atoms. The minimum Gasteiger partial charge on any atom is -0.313 e. The molecule has 4 nitrogen and oxygen atoms in total. The highest BCUT2D eigenvalue weighted by molar-refractivity contribution is 5.06. The number of unbranched alkanes of at least 4 members (excludes halogenated alkanes) is 5. The van der Waals surface area contributed by atoms with E-state index in [4.69, 9.17) is 0 Å². The third-order valence-corrected chi connectivity index (χ3v) is 4.19. The topological polar surface area (TPSA) is 52.3 Å². The minimum atomic E-state index is 0.972. The van der Waals surface area contributed by atoms with E-state index in [1.807, 2.05) is 24.8 Å². The Bertz CT molecular complexity index is 466. The van der Waals surface area contributed by atoms with Gasteiger partial charge in [-0.3, -0.25) is 0 Å². The molecule has 2 aromatic heterocycles. The fraction of sp³-hybridized carbons (Fsp3) is 0.500. The fourth-order valence-electron chi connectivity index (χ4n) is 2.75. The zero-order valence-corrected chi connectivity index (χ0v) is 14.7. The molecule has 0 bridgehead atoms. The highest BCUT2D eigenvalue weighted by atomic mass is 14.8. The van der Waals surface area contributed by atoms with Crippen molar-refractivity contribution in [2.24, 2.45) is 0 Å². The number of hydrogen-bond donors (Lipinski definition) is 2. The summed E-state index contributed by atoms with van der Waals surface area (Å²) in [6.45, 7) is 4.18. The lowest BCUT2D eigenvalue weighted by molar-refractivity contribution is -0.378. The van der Waals surface area contributed by atoms with Crippen molar-refractivity contribution >= 4 is 0 Å². The van der Waals surface area contributed by atoms with Crippen LogP contribution < -0.4 is 20.6 Å². The summed E-state index contributed by atoms with van der Waals surface area (Å²) in [5.41, 5.74) is 2.68. The maximum absolute atomic E-state index is 3.51. The third kappa shape index (κ3) is 8.75. The third-order valence-electron chi connectivity index (χ3n) is 4.19. The van der Waals surface area contributed by atoms with Crippen molar-refractivity contribution in [2.75, 3.05) is 13.1 Å². The summed E-state index contributed by atoms with van der Waals surface area (Å²) in [4.78, 5) is 6.10. The predicted octanol–water partition coefficient (Wildman–Crippen LogP) is 2.53. The Labute approximate surface area is 146 Å². The molecule has 4 heteroatoms. The van der Waals surface area contributed by atoms with Crippen molar-refractivity contribution in [3.05, 3.63) is 60.2 Å². The number of nitrogens with one attached hydrogen (secondary N) is 4. The molecule has 0 radical (unpaired) electrons. The second-order valence-corrected chi connectivity index (χ2v) is 6.29. The van der Waals surface area contributed by atoms with Crippen LogP contribution in [0.3, 0.4) is 0 Å². The monoisotopic (exact) mass is 328 g/mol. The minimum absolute atomic E-state index is 0.972. The first-order valence-electron chi connectivity index (χ1n) is 9.26. The van der Waals surface area contributed by atoms with E-state index in [0.717, 1.165) is 26.2 Å². The number of aromatic nitrogens is 2. The summed E-state index contributed by atoms with van der Waals surface area (Å²) >= 11 is 0.